The Balaban J connectivity index is 1.67. The van der Waals surface area contributed by atoms with Crippen molar-refractivity contribution in [2.45, 2.75) is 6.54 Å². The normalized spacial score (nSPS) is 14.0. The first-order valence-corrected chi connectivity index (χ1v) is 8.41. The highest BCUT2D eigenvalue weighted by Crippen LogP contribution is 2.17. The number of carbonyl (C=O) groups excluding carboxylic acids is 2. The second kappa shape index (κ2) is 8.44. The van der Waals surface area contributed by atoms with Crippen LogP contribution in [0.5, 0.6) is 5.75 Å². The zero-order chi connectivity index (χ0) is 18.4. The lowest BCUT2D eigenvalue weighted by atomic mass is 10.1. The summed E-state index contributed by atoms with van der Waals surface area (Å²) >= 11 is 0. The molecule has 1 fully saturated rings. The largest absolute Gasteiger partial charge is 0.496 e. The van der Waals surface area contributed by atoms with Crippen LogP contribution in [0.2, 0.25) is 0 Å². The smallest absolute Gasteiger partial charge is 0.255 e. The molecule has 1 saturated heterocycles. The van der Waals surface area contributed by atoms with E-state index in [0.717, 1.165) is 5.56 Å². The standard InChI is InChI=1S/C19H21N3O4/c1-25-17-5-3-2-4-14(17)13-21-18(23)15-10-16(12-20-11-15)19(24)22-6-8-26-9-7-22/h2-5,10-12H,6-9,13H2,1H3,(H,21,23). The monoisotopic (exact) mass is 355 g/mol. The van der Waals surface area contributed by atoms with Gasteiger partial charge in [0.1, 0.15) is 5.75 Å². The Morgan fingerprint density at radius 1 is 1.19 bits per heavy atom. The van der Waals surface area contributed by atoms with Gasteiger partial charge in [-0.05, 0) is 12.1 Å². The van der Waals surface area contributed by atoms with Gasteiger partial charge in [-0.1, -0.05) is 18.2 Å². The Bertz CT molecular complexity index is 788. The highest BCUT2D eigenvalue weighted by Gasteiger charge is 2.20. The molecule has 2 amide bonds. The Morgan fingerprint density at radius 3 is 2.69 bits per heavy atom. The number of hydrogen-bond donors (Lipinski definition) is 1. The summed E-state index contributed by atoms with van der Waals surface area (Å²) in [7, 11) is 1.59. The molecule has 0 spiro atoms. The van der Waals surface area contributed by atoms with Gasteiger partial charge in [0.15, 0.2) is 0 Å². The molecule has 1 N–H and O–H groups in total. The summed E-state index contributed by atoms with van der Waals surface area (Å²) in [6.07, 6.45) is 2.93. The average molecular weight is 355 g/mol. The third kappa shape index (κ3) is 4.18. The van der Waals surface area contributed by atoms with Crippen molar-refractivity contribution in [3.63, 3.8) is 0 Å². The van der Waals surface area contributed by atoms with Gasteiger partial charge in [0, 0.05) is 37.6 Å². The molecule has 0 radical (unpaired) electrons. The van der Waals surface area contributed by atoms with E-state index in [1.54, 1.807) is 18.1 Å². The number of amides is 2. The van der Waals surface area contributed by atoms with Crippen LogP contribution < -0.4 is 10.1 Å². The van der Waals surface area contributed by atoms with E-state index in [4.69, 9.17) is 9.47 Å². The van der Waals surface area contributed by atoms with Crippen LogP contribution in [0.15, 0.2) is 42.7 Å². The van der Waals surface area contributed by atoms with Crippen molar-refractivity contribution in [2.75, 3.05) is 33.4 Å². The van der Waals surface area contributed by atoms with E-state index in [1.807, 2.05) is 24.3 Å². The highest BCUT2D eigenvalue weighted by atomic mass is 16.5. The third-order valence-electron chi connectivity index (χ3n) is 4.18. The maximum atomic E-state index is 12.5. The Morgan fingerprint density at radius 2 is 1.92 bits per heavy atom. The van der Waals surface area contributed by atoms with E-state index < -0.39 is 0 Å². The number of hydrogen-bond acceptors (Lipinski definition) is 5. The van der Waals surface area contributed by atoms with Gasteiger partial charge in [-0.3, -0.25) is 14.6 Å². The van der Waals surface area contributed by atoms with E-state index in [9.17, 15) is 9.59 Å². The Labute approximate surface area is 151 Å². The number of pyridine rings is 1. The van der Waals surface area contributed by atoms with Crippen LogP contribution in [0, 0.1) is 0 Å². The molecule has 2 aromatic rings. The maximum absolute atomic E-state index is 12.5. The molecule has 0 bridgehead atoms. The van der Waals surface area contributed by atoms with Crippen LogP contribution in [-0.4, -0.2) is 55.1 Å². The molecular formula is C19H21N3O4. The van der Waals surface area contributed by atoms with Crippen LogP contribution in [0.3, 0.4) is 0 Å². The first-order chi connectivity index (χ1) is 12.7. The Hall–Kier alpha value is -2.93. The summed E-state index contributed by atoms with van der Waals surface area (Å²) in [5.41, 5.74) is 1.62. The van der Waals surface area contributed by atoms with Gasteiger partial charge < -0.3 is 19.7 Å². The number of morpholine rings is 1. The first-order valence-electron chi connectivity index (χ1n) is 8.41. The van der Waals surface area contributed by atoms with Crippen molar-refractivity contribution < 1.29 is 19.1 Å². The number of rotatable bonds is 5. The molecule has 2 heterocycles. The van der Waals surface area contributed by atoms with Crippen molar-refractivity contribution in [1.29, 1.82) is 0 Å². The van der Waals surface area contributed by atoms with Crippen LogP contribution in [0.4, 0.5) is 0 Å². The fraction of sp³-hybridized carbons (Fsp3) is 0.316. The summed E-state index contributed by atoms with van der Waals surface area (Å²) in [5.74, 6) is 0.280. The lowest BCUT2D eigenvalue weighted by Crippen LogP contribution is -2.40. The Kier molecular flexibility index (Phi) is 5.80. The summed E-state index contributed by atoms with van der Waals surface area (Å²) in [6, 6.07) is 9.05. The predicted molar refractivity (Wildman–Crippen MR) is 95.1 cm³/mol. The van der Waals surface area contributed by atoms with Crippen molar-refractivity contribution in [2.24, 2.45) is 0 Å². The minimum Gasteiger partial charge on any atom is -0.496 e. The maximum Gasteiger partial charge on any atom is 0.255 e. The predicted octanol–water partition coefficient (Wildman–Crippen LogP) is 1.49. The number of aromatic nitrogens is 1. The van der Waals surface area contributed by atoms with E-state index in [-0.39, 0.29) is 11.8 Å². The highest BCUT2D eigenvalue weighted by molar-refractivity contribution is 5.99. The van der Waals surface area contributed by atoms with E-state index in [0.29, 0.717) is 49.7 Å². The van der Waals surface area contributed by atoms with Gasteiger partial charge in [0.05, 0.1) is 31.5 Å². The van der Waals surface area contributed by atoms with Gasteiger partial charge in [-0.15, -0.1) is 0 Å². The quantitative estimate of drug-likeness (QED) is 0.879. The van der Waals surface area contributed by atoms with Crippen LogP contribution in [0.25, 0.3) is 0 Å². The van der Waals surface area contributed by atoms with Gasteiger partial charge in [0.2, 0.25) is 0 Å². The van der Waals surface area contributed by atoms with Crippen LogP contribution >= 0.6 is 0 Å². The number of ether oxygens (including phenoxy) is 2. The number of para-hydroxylation sites is 1. The van der Waals surface area contributed by atoms with Crippen LogP contribution in [0.1, 0.15) is 26.3 Å². The number of nitrogens with zero attached hydrogens (tertiary/aromatic N) is 2. The molecule has 1 aromatic heterocycles. The molecule has 26 heavy (non-hydrogen) atoms. The molecule has 1 aromatic carbocycles. The zero-order valence-electron chi connectivity index (χ0n) is 14.6. The molecule has 0 atom stereocenters. The molecule has 1 aliphatic heterocycles. The first kappa shape index (κ1) is 17.9. The number of methoxy groups -OCH3 is 1. The summed E-state index contributed by atoms with van der Waals surface area (Å²) < 4.78 is 10.5. The summed E-state index contributed by atoms with van der Waals surface area (Å²) in [5, 5.41) is 2.83. The van der Waals surface area contributed by atoms with Crippen molar-refractivity contribution in [1.82, 2.24) is 15.2 Å². The minimum atomic E-state index is -0.292. The fourth-order valence-corrected chi connectivity index (χ4v) is 2.76. The summed E-state index contributed by atoms with van der Waals surface area (Å²) in [6.45, 7) is 2.47. The van der Waals surface area contributed by atoms with Crippen LogP contribution in [-0.2, 0) is 11.3 Å². The number of carbonyl (C=O) groups is 2. The molecular weight excluding hydrogens is 334 g/mol. The van der Waals surface area contributed by atoms with E-state index >= 15 is 0 Å². The van der Waals surface area contributed by atoms with Gasteiger partial charge in [-0.2, -0.15) is 0 Å². The fourth-order valence-electron chi connectivity index (χ4n) is 2.76. The lowest BCUT2D eigenvalue weighted by molar-refractivity contribution is 0.0302. The number of benzene rings is 1. The van der Waals surface area contributed by atoms with Crippen molar-refractivity contribution in [3.05, 3.63) is 59.4 Å². The molecule has 1 aliphatic rings. The van der Waals surface area contributed by atoms with Crippen molar-refractivity contribution in [3.8, 4) is 5.75 Å². The van der Waals surface area contributed by atoms with Crippen molar-refractivity contribution >= 4 is 11.8 Å². The SMILES string of the molecule is COc1ccccc1CNC(=O)c1cncc(C(=O)N2CCOCC2)c1. The van der Waals surface area contributed by atoms with Gasteiger partial charge in [0.25, 0.3) is 11.8 Å². The molecule has 0 aliphatic carbocycles. The second-order valence-corrected chi connectivity index (χ2v) is 5.86. The molecule has 7 nitrogen and oxygen atoms in total. The van der Waals surface area contributed by atoms with E-state index in [1.165, 1.54) is 12.4 Å². The molecule has 3 rings (SSSR count). The topological polar surface area (TPSA) is 80.8 Å². The molecule has 136 valence electrons. The lowest BCUT2D eigenvalue weighted by Gasteiger charge is -2.26. The van der Waals surface area contributed by atoms with Gasteiger partial charge in [-0.25, -0.2) is 0 Å². The average Bonchev–Trinajstić information content (AvgIpc) is 2.72. The zero-order valence-corrected chi connectivity index (χ0v) is 14.6. The van der Waals surface area contributed by atoms with E-state index in [2.05, 4.69) is 10.3 Å². The molecule has 7 heteroatoms. The minimum absolute atomic E-state index is 0.139. The summed E-state index contributed by atoms with van der Waals surface area (Å²) in [4.78, 5) is 30.7. The van der Waals surface area contributed by atoms with Gasteiger partial charge >= 0.3 is 0 Å². The molecule has 0 saturated carbocycles. The number of nitrogens with one attached hydrogen (secondary N) is 1. The second-order valence-electron chi connectivity index (χ2n) is 5.86. The third-order valence-corrected chi connectivity index (χ3v) is 4.18. The molecule has 0 unspecified atom stereocenters.